The Morgan fingerprint density at radius 2 is 1.88 bits per heavy atom. The van der Waals surface area contributed by atoms with E-state index in [-0.39, 0.29) is 5.69 Å². The van der Waals surface area contributed by atoms with Crippen LogP contribution in [0, 0.1) is 28.4 Å². The number of rotatable bonds is 4. The molecule has 1 aliphatic heterocycles. The summed E-state index contributed by atoms with van der Waals surface area (Å²) in [6.45, 7) is 6.30. The third kappa shape index (κ3) is 4.19. The van der Waals surface area contributed by atoms with Gasteiger partial charge in [0.2, 0.25) is 0 Å². The van der Waals surface area contributed by atoms with Crippen molar-refractivity contribution in [3.63, 3.8) is 0 Å². The van der Waals surface area contributed by atoms with Gasteiger partial charge in [-0.15, -0.1) is 0 Å². The van der Waals surface area contributed by atoms with E-state index in [1.165, 1.54) is 17.2 Å². The number of hydrogen-bond acceptors (Lipinski definition) is 5. The number of nitriles is 1. The fourth-order valence-corrected chi connectivity index (χ4v) is 3.33. The van der Waals surface area contributed by atoms with Gasteiger partial charge in [-0.2, -0.15) is 5.26 Å². The number of hydrogen-bond donors (Lipinski definition) is 0. The summed E-state index contributed by atoms with van der Waals surface area (Å²) >= 11 is 0. The first-order valence-electron chi connectivity index (χ1n) is 8.78. The lowest BCUT2D eigenvalue weighted by molar-refractivity contribution is -0.384. The van der Waals surface area contributed by atoms with Gasteiger partial charge in [0.1, 0.15) is 5.69 Å². The van der Waals surface area contributed by atoms with Crippen LogP contribution in [0.25, 0.3) is 0 Å². The molecule has 2 aromatic rings. The zero-order valence-corrected chi connectivity index (χ0v) is 14.9. The Bertz CT molecular complexity index is 827. The van der Waals surface area contributed by atoms with Crippen LogP contribution in [0.4, 0.5) is 11.4 Å². The van der Waals surface area contributed by atoms with Crippen LogP contribution in [0.1, 0.15) is 23.1 Å². The van der Waals surface area contributed by atoms with E-state index in [4.69, 9.17) is 5.26 Å². The normalized spacial score (nSPS) is 15.3. The van der Waals surface area contributed by atoms with Crippen molar-refractivity contribution in [2.75, 3.05) is 31.1 Å². The number of nitro benzene ring substituents is 1. The largest absolute Gasteiger partial charge is 0.365 e. The molecule has 0 atom stereocenters. The quantitative estimate of drug-likeness (QED) is 0.623. The summed E-state index contributed by atoms with van der Waals surface area (Å²) < 4.78 is 0. The maximum absolute atomic E-state index is 11.4. The molecule has 0 radical (unpaired) electrons. The summed E-state index contributed by atoms with van der Waals surface area (Å²) in [6, 6.07) is 15.2. The highest BCUT2D eigenvalue weighted by atomic mass is 16.6. The number of nitrogens with zero attached hydrogens (tertiary/aromatic N) is 4. The second-order valence-electron chi connectivity index (χ2n) is 6.67. The van der Waals surface area contributed by atoms with Gasteiger partial charge >= 0.3 is 0 Å². The van der Waals surface area contributed by atoms with Crippen molar-refractivity contribution >= 4 is 11.4 Å². The lowest BCUT2D eigenvalue weighted by Gasteiger charge is -2.23. The van der Waals surface area contributed by atoms with Crippen LogP contribution in [-0.2, 0) is 6.54 Å². The van der Waals surface area contributed by atoms with Gasteiger partial charge in [0.05, 0.1) is 16.6 Å². The smallest absolute Gasteiger partial charge is 0.293 e. The van der Waals surface area contributed by atoms with Crippen molar-refractivity contribution in [2.45, 2.75) is 19.9 Å². The summed E-state index contributed by atoms with van der Waals surface area (Å²) in [5, 5.41) is 20.4. The molecule has 1 fully saturated rings. The average molecular weight is 350 g/mol. The van der Waals surface area contributed by atoms with E-state index in [2.05, 4.69) is 41.0 Å². The second-order valence-corrected chi connectivity index (χ2v) is 6.67. The molecule has 0 aromatic heterocycles. The molecule has 134 valence electrons. The molecule has 2 aromatic carbocycles. The third-order valence-electron chi connectivity index (χ3n) is 4.76. The van der Waals surface area contributed by atoms with Gasteiger partial charge < -0.3 is 4.90 Å². The van der Waals surface area contributed by atoms with E-state index in [0.29, 0.717) is 11.3 Å². The maximum Gasteiger partial charge on any atom is 0.293 e. The molecular weight excluding hydrogens is 328 g/mol. The topological polar surface area (TPSA) is 73.4 Å². The standard InChI is InChI=1S/C20H22N4O2/c1-16-3-5-17(6-4-16)15-22-9-2-10-23(12-11-22)19-8-7-18(14-21)13-20(19)24(25)26/h3-8,13H,2,9-12,15H2,1H3. The summed E-state index contributed by atoms with van der Waals surface area (Å²) in [6.07, 6.45) is 0.947. The molecule has 1 aliphatic rings. The van der Waals surface area contributed by atoms with Gasteiger partial charge in [0, 0.05) is 38.8 Å². The van der Waals surface area contributed by atoms with Gasteiger partial charge in [0.15, 0.2) is 0 Å². The molecule has 6 nitrogen and oxygen atoms in total. The molecule has 1 saturated heterocycles. The lowest BCUT2D eigenvalue weighted by atomic mass is 10.1. The predicted molar refractivity (Wildman–Crippen MR) is 101 cm³/mol. The van der Waals surface area contributed by atoms with Crippen LogP contribution >= 0.6 is 0 Å². The van der Waals surface area contributed by atoms with Gasteiger partial charge in [-0.3, -0.25) is 15.0 Å². The van der Waals surface area contributed by atoms with Crippen LogP contribution in [0.5, 0.6) is 0 Å². The first kappa shape index (κ1) is 17.9. The van der Waals surface area contributed by atoms with Crippen molar-refractivity contribution in [2.24, 2.45) is 0 Å². The number of anilines is 1. The van der Waals surface area contributed by atoms with Crippen LogP contribution in [-0.4, -0.2) is 36.0 Å². The molecule has 0 N–H and O–H groups in total. The zero-order valence-electron chi connectivity index (χ0n) is 14.9. The number of benzene rings is 2. The second kappa shape index (κ2) is 7.98. The van der Waals surface area contributed by atoms with Crippen molar-refractivity contribution in [3.8, 4) is 6.07 Å². The van der Waals surface area contributed by atoms with Crippen molar-refractivity contribution < 1.29 is 4.92 Å². The Kier molecular flexibility index (Phi) is 5.49. The van der Waals surface area contributed by atoms with Gasteiger partial charge in [0.25, 0.3) is 5.69 Å². The van der Waals surface area contributed by atoms with Crippen molar-refractivity contribution in [1.29, 1.82) is 5.26 Å². The molecule has 0 saturated carbocycles. The number of aryl methyl sites for hydroxylation is 1. The fourth-order valence-electron chi connectivity index (χ4n) is 3.33. The van der Waals surface area contributed by atoms with Crippen molar-refractivity contribution in [3.05, 3.63) is 69.3 Å². The van der Waals surface area contributed by atoms with Gasteiger partial charge in [-0.25, -0.2) is 0 Å². The molecule has 0 spiro atoms. The number of nitro groups is 1. The molecule has 0 unspecified atom stereocenters. The molecule has 26 heavy (non-hydrogen) atoms. The molecule has 3 rings (SSSR count). The summed E-state index contributed by atoms with van der Waals surface area (Å²) in [5.41, 5.74) is 3.47. The van der Waals surface area contributed by atoms with E-state index < -0.39 is 4.92 Å². The fraction of sp³-hybridized carbons (Fsp3) is 0.350. The van der Waals surface area contributed by atoms with E-state index >= 15 is 0 Å². The highest BCUT2D eigenvalue weighted by molar-refractivity contribution is 5.65. The van der Waals surface area contributed by atoms with Crippen LogP contribution in [0.2, 0.25) is 0 Å². The van der Waals surface area contributed by atoms with Crippen LogP contribution in [0.15, 0.2) is 42.5 Å². The highest BCUT2D eigenvalue weighted by Gasteiger charge is 2.22. The monoisotopic (exact) mass is 350 g/mol. The maximum atomic E-state index is 11.4. The first-order chi connectivity index (χ1) is 12.6. The summed E-state index contributed by atoms with van der Waals surface area (Å²) in [5.74, 6) is 0. The Labute approximate surface area is 153 Å². The lowest BCUT2D eigenvalue weighted by Crippen LogP contribution is -2.30. The highest BCUT2D eigenvalue weighted by Crippen LogP contribution is 2.30. The molecule has 1 heterocycles. The van der Waals surface area contributed by atoms with E-state index in [1.54, 1.807) is 12.1 Å². The SMILES string of the molecule is Cc1ccc(CN2CCCN(c3ccc(C#N)cc3[N+](=O)[O-])CC2)cc1. The predicted octanol–water partition coefficient (Wildman–Crippen LogP) is 3.49. The third-order valence-corrected chi connectivity index (χ3v) is 4.76. The first-order valence-corrected chi connectivity index (χ1v) is 8.78. The minimum atomic E-state index is -0.398. The summed E-state index contributed by atoms with van der Waals surface area (Å²) in [7, 11) is 0. The molecule has 0 aliphatic carbocycles. The van der Waals surface area contributed by atoms with Gasteiger partial charge in [-0.1, -0.05) is 29.8 Å². The Hall–Kier alpha value is -2.91. The zero-order chi connectivity index (χ0) is 18.5. The van der Waals surface area contributed by atoms with Gasteiger partial charge in [-0.05, 0) is 31.0 Å². The van der Waals surface area contributed by atoms with Crippen LogP contribution in [0.3, 0.4) is 0 Å². The van der Waals surface area contributed by atoms with E-state index in [0.717, 1.165) is 39.1 Å². The van der Waals surface area contributed by atoms with E-state index in [9.17, 15) is 10.1 Å². The molecular formula is C20H22N4O2. The minimum Gasteiger partial charge on any atom is -0.365 e. The molecule has 0 amide bonds. The Balaban J connectivity index is 1.71. The Morgan fingerprint density at radius 1 is 1.12 bits per heavy atom. The van der Waals surface area contributed by atoms with Crippen molar-refractivity contribution in [1.82, 2.24) is 4.90 Å². The Morgan fingerprint density at radius 3 is 2.58 bits per heavy atom. The summed E-state index contributed by atoms with van der Waals surface area (Å²) in [4.78, 5) is 15.5. The van der Waals surface area contributed by atoms with E-state index in [1.807, 2.05) is 6.07 Å². The molecule has 6 heteroatoms. The average Bonchev–Trinajstić information content (AvgIpc) is 2.88. The minimum absolute atomic E-state index is 0.0102. The molecule has 0 bridgehead atoms. The van der Waals surface area contributed by atoms with Crippen LogP contribution < -0.4 is 4.90 Å².